The predicted molar refractivity (Wildman–Crippen MR) is 81.3 cm³/mol. The van der Waals surface area contributed by atoms with Gasteiger partial charge in [0.1, 0.15) is 0 Å². The summed E-state index contributed by atoms with van der Waals surface area (Å²) in [6.45, 7) is 0. The van der Waals surface area contributed by atoms with Crippen LogP contribution in [0.5, 0.6) is 11.5 Å². The second-order valence-electron chi connectivity index (χ2n) is 4.52. The fourth-order valence-electron chi connectivity index (χ4n) is 1.95. The number of anilines is 1. The minimum atomic E-state index is -3.43. The van der Waals surface area contributed by atoms with Crippen LogP contribution in [0.1, 0.15) is 5.56 Å². The number of rotatable bonds is 5. The normalized spacial score (nSPS) is 11.1. The number of ether oxygens (including phenoxy) is 2. The lowest BCUT2D eigenvalue weighted by atomic mass is 10.2. The van der Waals surface area contributed by atoms with Crippen molar-refractivity contribution in [2.45, 2.75) is 10.6 Å². The standard InChI is InChI=1S/C15H17NO4S/c1-19-14-8-3-11(9-15(14)20-2)10-21(17,18)13-6-4-12(16)5-7-13/h3-9H,10,16H2,1-2H3. The first-order chi connectivity index (χ1) is 9.96. The average Bonchev–Trinajstić information content (AvgIpc) is 2.47. The van der Waals surface area contributed by atoms with E-state index in [9.17, 15) is 8.42 Å². The van der Waals surface area contributed by atoms with Crippen LogP contribution in [0.4, 0.5) is 5.69 Å². The Kier molecular flexibility index (Phi) is 4.37. The molecule has 0 bridgehead atoms. The van der Waals surface area contributed by atoms with E-state index in [0.29, 0.717) is 22.7 Å². The topological polar surface area (TPSA) is 78.6 Å². The Morgan fingerprint density at radius 3 is 2.14 bits per heavy atom. The maximum absolute atomic E-state index is 12.4. The van der Waals surface area contributed by atoms with E-state index in [1.54, 1.807) is 30.3 Å². The number of hydrogen-bond acceptors (Lipinski definition) is 5. The van der Waals surface area contributed by atoms with Gasteiger partial charge in [0.15, 0.2) is 21.3 Å². The van der Waals surface area contributed by atoms with E-state index in [2.05, 4.69) is 0 Å². The zero-order valence-corrected chi connectivity index (χ0v) is 12.7. The molecule has 0 heterocycles. The van der Waals surface area contributed by atoms with Crippen molar-refractivity contribution >= 4 is 15.5 Å². The number of benzene rings is 2. The van der Waals surface area contributed by atoms with E-state index in [4.69, 9.17) is 15.2 Å². The van der Waals surface area contributed by atoms with Crippen LogP contribution in [0.15, 0.2) is 47.4 Å². The molecule has 0 aliphatic heterocycles. The van der Waals surface area contributed by atoms with Gasteiger partial charge in [0.05, 0.1) is 24.9 Å². The maximum atomic E-state index is 12.4. The largest absolute Gasteiger partial charge is 0.493 e. The van der Waals surface area contributed by atoms with Gasteiger partial charge in [-0.25, -0.2) is 8.42 Å². The van der Waals surface area contributed by atoms with Crippen LogP contribution >= 0.6 is 0 Å². The molecule has 112 valence electrons. The SMILES string of the molecule is COc1ccc(CS(=O)(=O)c2ccc(N)cc2)cc1OC. The molecule has 2 aromatic rings. The van der Waals surface area contributed by atoms with Gasteiger partial charge in [-0.1, -0.05) is 6.07 Å². The Morgan fingerprint density at radius 2 is 1.57 bits per heavy atom. The zero-order valence-electron chi connectivity index (χ0n) is 11.9. The molecule has 0 spiro atoms. The molecule has 0 amide bonds. The maximum Gasteiger partial charge on any atom is 0.182 e. The Morgan fingerprint density at radius 1 is 0.952 bits per heavy atom. The lowest BCUT2D eigenvalue weighted by molar-refractivity contribution is 0.354. The molecule has 0 aliphatic rings. The highest BCUT2D eigenvalue weighted by atomic mass is 32.2. The molecule has 0 aliphatic carbocycles. The summed E-state index contributed by atoms with van der Waals surface area (Å²) in [7, 11) is -0.386. The van der Waals surface area contributed by atoms with Gasteiger partial charge in [-0.2, -0.15) is 0 Å². The molecular weight excluding hydrogens is 290 g/mol. The summed E-state index contributed by atoms with van der Waals surface area (Å²) in [4.78, 5) is 0.242. The van der Waals surface area contributed by atoms with E-state index in [1.807, 2.05) is 0 Å². The molecule has 0 saturated heterocycles. The summed E-state index contributed by atoms with van der Waals surface area (Å²) in [6, 6.07) is 11.2. The highest BCUT2D eigenvalue weighted by molar-refractivity contribution is 7.90. The number of nitrogens with two attached hydrogens (primary N) is 1. The number of hydrogen-bond donors (Lipinski definition) is 1. The molecule has 6 heteroatoms. The van der Waals surface area contributed by atoms with Gasteiger partial charge < -0.3 is 15.2 Å². The van der Waals surface area contributed by atoms with Crippen molar-refractivity contribution in [1.29, 1.82) is 0 Å². The van der Waals surface area contributed by atoms with E-state index < -0.39 is 9.84 Å². The zero-order chi connectivity index (χ0) is 15.5. The molecule has 0 saturated carbocycles. The third kappa shape index (κ3) is 3.46. The van der Waals surface area contributed by atoms with Crippen molar-refractivity contribution in [3.8, 4) is 11.5 Å². The number of sulfone groups is 1. The van der Waals surface area contributed by atoms with E-state index in [-0.39, 0.29) is 10.6 Å². The Labute approximate surface area is 124 Å². The summed E-state index contributed by atoms with van der Waals surface area (Å²) < 4.78 is 35.0. The van der Waals surface area contributed by atoms with Crippen LogP contribution in [-0.4, -0.2) is 22.6 Å². The first-order valence-corrected chi connectivity index (χ1v) is 7.90. The summed E-state index contributed by atoms with van der Waals surface area (Å²) in [5.74, 6) is 0.950. The molecule has 0 aromatic heterocycles. The van der Waals surface area contributed by atoms with Crippen LogP contribution < -0.4 is 15.2 Å². The minimum absolute atomic E-state index is 0.114. The minimum Gasteiger partial charge on any atom is -0.493 e. The van der Waals surface area contributed by atoms with Gasteiger partial charge in [-0.3, -0.25) is 0 Å². The smallest absolute Gasteiger partial charge is 0.182 e. The van der Waals surface area contributed by atoms with Gasteiger partial charge in [0.25, 0.3) is 0 Å². The summed E-state index contributed by atoms with van der Waals surface area (Å²) >= 11 is 0. The van der Waals surface area contributed by atoms with Crippen molar-refractivity contribution in [3.63, 3.8) is 0 Å². The van der Waals surface area contributed by atoms with Crippen LogP contribution in [-0.2, 0) is 15.6 Å². The second kappa shape index (κ2) is 6.05. The van der Waals surface area contributed by atoms with Gasteiger partial charge in [-0.05, 0) is 42.0 Å². The summed E-state index contributed by atoms with van der Waals surface area (Å²) in [6.07, 6.45) is 0. The number of nitrogen functional groups attached to an aromatic ring is 1. The molecule has 0 radical (unpaired) electrons. The van der Waals surface area contributed by atoms with E-state index >= 15 is 0 Å². The van der Waals surface area contributed by atoms with Crippen molar-refractivity contribution in [3.05, 3.63) is 48.0 Å². The molecule has 2 aromatic carbocycles. The van der Waals surface area contributed by atoms with Crippen LogP contribution in [0, 0.1) is 0 Å². The molecule has 5 nitrogen and oxygen atoms in total. The van der Waals surface area contributed by atoms with Crippen LogP contribution in [0.2, 0.25) is 0 Å². The second-order valence-corrected chi connectivity index (χ2v) is 6.51. The quantitative estimate of drug-likeness (QED) is 0.857. The van der Waals surface area contributed by atoms with Gasteiger partial charge >= 0.3 is 0 Å². The van der Waals surface area contributed by atoms with Gasteiger partial charge in [0, 0.05) is 5.69 Å². The lowest BCUT2D eigenvalue weighted by Crippen LogP contribution is -2.05. The fourth-order valence-corrected chi connectivity index (χ4v) is 3.28. The lowest BCUT2D eigenvalue weighted by Gasteiger charge is -2.10. The molecule has 0 atom stereocenters. The molecular formula is C15H17NO4S. The fraction of sp³-hybridized carbons (Fsp3) is 0.200. The Hall–Kier alpha value is -2.21. The molecule has 0 fully saturated rings. The van der Waals surface area contributed by atoms with Gasteiger partial charge in [0.2, 0.25) is 0 Å². The molecule has 2 N–H and O–H groups in total. The average molecular weight is 307 g/mol. The van der Waals surface area contributed by atoms with E-state index in [0.717, 1.165) is 0 Å². The van der Waals surface area contributed by atoms with Crippen molar-refractivity contribution < 1.29 is 17.9 Å². The highest BCUT2D eigenvalue weighted by Crippen LogP contribution is 2.29. The summed E-state index contributed by atoms with van der Waals surface area (Å²) in [5, 5.41) is 0. The van der Waals surface area contributed by atoms with Crippen LogP contribution in [0.25, 0.3) is 0 Å². The van der Waals surface area contributed by atoms with E-state index in [1.165, 1.54) is 26.4 Å². The van der Waals surface area contributed by atoms with Crippen molar-refractivity contribution in [2.75, 3.05) is 20.0 Å². The highest BCUT2D eigenvalue weighted by Gasteiger charge is 2.16. The third-order valence-electron chi connectivity index (χ3n) is 3.04. The predicted octanol–water partition coefficient (Wildman–Crippen LogP) is 2.26. The van der Waals surface area contributed by atoms with Crippen molar-refractivity contribution in [2.24, 2.45) is 0 Å². The first-order valence-electron chi connectivity index (χ1n) is 6.25. The Balaban J connectivity index is 2.30. The third-order valence-corrected chi connectivity index (χ3v) is 4.75. The molecule has 2 rings (SSSR count). The Bertz CT molecular complexity index is 724. The number of methoxy groups -OCH3 is 2. The summed E-state index contributed by atoms with van der Waals surface area (Å²) in [5.41, 5.74) is 6.72. The van der Waals surface area contributed by atoms with Crippen molar-refractivity contribution in [1.82, 2.24) is 0 Å². The molecule has 0 unspecified atom stereocenters. The van der Waals surface area contributed by atoms with Crippen LogP contribution in [0.3, 0.4) is 0 Å². The monoisotopic (exact) mass is 307 g/mol. The molecule has 21 heavy (non-hydrogen) atoms. The van der Waals surface area contributed by atoms with Gasteiger partial charge in [-0.15, -0.1) is 0 Å². The first kappa shape index (κ1) is 15.2.